The van der Waals surface area contributed by atoms with E-state index in [1.54, 1.807) is 12.1 Å². The second-order valence-electron chi connectivity index (χ2n) is 3.21. The summed E-state index contributed by atoms with van der Waals surface area (Å²) in [5, 5.41) is 8.70. The maximum Gasteiger partial charge on any atom is 0.347 e. The van der Waals surface area contributed by atoms with Crippen molar-refractivity contribution in [3.8, 4) is 5.75 Å². The van der Waals surface area contributed by atoms with Crippen molar-refractivity contribution in [3.63, 3.8) is 0 Å². The summed E-state index contributed by atoms with van der Waals surface area (Å²) >= 11 is 0.874. The smallest absolute Gasteiger partial charge is 0.347 e. The van der Waals surface area contributed by atoms with Gasteiger partial charge in [-0.1, -0.05) is 12.1 Å². The highest BCUT2D eigenvalue weighted by molar-refractivity contribution is 7.08. The first-order valence-corrected chi connectivity index (χ1v) is 5.50. The molecule has 0 atom stereocenters. The summed E-state index contributed by atoms with van der Waals surface area (Å²) in [6.07, 6.45) is 0. The Balaban J connectivity index is 2.02. The fourth-order valence-electron chi connectivity index (χ4n) is 1.19. The first kappa shape index (κ1) is 11.5. The minimum atomic E-state index is -1.03. The molecule has 6 heteroatoms. The topological polar surface area (TPSA) is 59.4 Å². The van der Waals surface area contributed by atoms with Crippen molar-refractivity contribution >= 4 is 17.5 Å². The number of carboxylic acids is 1. The number of halogens is 1. The van der Waals surface area contributed by atoms with Crippen molar-refractivity contribution in [2.45, 2.75) is 6.61 Å². The third kappa shape index (κ3) is 2.79. The molecule has 88 valence electrons. The Morgan fingerprint density at radius 3 is 2.88 bits per heavy atom. The lowest BCUT2D eigenvalue weighted by atomic mass is 10.3. The molecule has 2 aromatic rings. The summed E-state index contributed by atoms with van der Waals surface area (Å²) in [7, 11) is 0. The van der Waals surface area contributed by atoms with E-state index < -0.39 is 11.8 Å². The first-order chi connectivity index (χ1) is 8.16. The number of aromatic carboxylic acids is 1. The maximum absolute atomic E-state index is 13.2. The van der Waals surface area contributed by atoms with Crippen LogP contribution in [0.2, 0.25) is 0 Å². The van der Waals surface area contributed by atoms with Gasteiger partial charge in [0, 0.05) is 0 Å². The van der Waals surface area contributed by atoms with Crippen LogP contribution in [-0.4, -0.2) is 15.4 Å². The normalized spacial score (nSPS) is 10.2. The van der Waals surface area contributed by atoms with Crippen LogP contribution < -0.4 is 4.74 Å². The number of aromatic nitrogens is 1. The molecule has 0 saturated heterocycles. The second-order valence-corrected chi connectivity index (χ2v) is 4.01. The fraction of sp³-hybridized carbons (Fsp3) is 0.0909. The third-order valence-electron chi connectivity index (χ3n) is 1.98. The van der Waals surface area contributed by atoms with E-state index in [0.717, 1.165) is 11.5 Å². The van der Waals surface area contributed by atoms with Gasteiger partial charge in [-0.15, -0.1) is 0 Å². The zero-order valence-electron chi connectivity index (χ0n) is 8.59. The Kier molecular flexibility index (Phi) is 3.34. The number of hydrogen-bond acceptors (Lipinski definition) is 4. The maximum atomic E-state index is 13.2. The van der Waals surface area contributed by atoms with Crippen LogP contribution in [-0.2, 0) is 6.61 Å². The van der Waals surface area contributed by atoms with Gasteiger partial charge in [-0.05, 0) is 29.7 Å². The molecule has 0 saturated carbocycles. The van der Waals surface area contributed by atoms with Crippen molar-refractivity contribution in [2.24, 2.45) is 0 Å². The molecule has 0 bridgehead atoms. The van der Waals surface area contributed by atoms with E-state index in [1.807, 2.05) is 0 Å². The molecule has 0 aliphatic rings. The van der Waals surface area contributed by atoms with Gasteiger partial charge in [-0.2, -0.15) is 4.37 Å². The van der Waals surface area contributed by atoms with Crippen LogP contribution in [0.4, 0.5) is 4.39 Å². The molecule has 0 fully saturated rings. The van der Waals surface area contributed by atoms with Crippen molar-refractivity contribution in [1.29, 1.82) is 0 Å². The Morgan fingerprint density at radius 1 is 1.47 bits per heavy atom. The molecule has 0 radical (unpaired) electrons. The number of para-hydroxylation sites is 1. The summed E-state index contributed by atoms with van der Waals surface area (Å²) in [6.45, 7) is 0.0463. The minimum absolute atomic E-state index is 0.0463. The van der Waals surface area contributed by atoms with Gasteiger partial charge in [0.25, 0.3) is 0 Å². The molecule has 0 aliphatic carbocycles. The summed E-state index contributed by atoms with van der Waals surface area (Å²) in [4.78, 5) is 10.7. The van der Waals surface area contributed by atoms with Crippen LogP contribution >= 0.6 is 11.5 Å². The molecule has 1 heterocycles. The first-order valence-electron chi connectivity index (χ1n) is 4.73. The van der Waals surface area contributed by atoms with Gasteiger partial charge < -0.3 is 9.84 Å². The molecular weight excluding hydrogens is 245 g/mol. The molecule has 0 spiro atoms. The zero-order chi connectivity index (χ0) is 12.3. The molecule has 0 aliphatic heterocycles. The SMILES string of the molecule is O=C(O)c1cc(COc2ccccc2F)ns1. The highest BCUT2D eigenvalue weighted by atomic mass is 32.1. The van der Waals surface area contributed by atoms with E-state index in [0.29, 0.717) is 5.69 Å². The zero-order valence-corrected chi connectivity index (χ0v) is 9.41. The summed E-state index contributed by atoms with van der Waals surface area (Å²) < 4.78 is 22.3. The number of hydrogen-bond donors (Lipinski definition) is 1. The van der Waals surface area contributed by atoms with Crippen LogP contribution in [0.1, 0.15) is 15.4 Å². The van der Waals surface area contributed by atoms with E-state index in [9.17, 15) is 9.18 Å². The monoisotopic (exact) mass is 253 g/mol. The molecule has 1 aromatic heterocycles. The Hall–Kier alpha value is -1.95. The number of benzene rings is 1. The molecule has 0 unspecified atom stereocenters. The average molecular weight is 253 g/mol. The van der Waals surface area contributed by atoms with Gasteiger partial charge in [-0.25, -0.2) is 9.18 Å². The number of carboxylic acid groups (broad SMARTS) is 1. The van der Waals surface area contributed by atoms with Gasteiger partial charge in [0.1, 0.15) is 11.5 Å². The molecular formula is C11H8FNO3S. The largest absolute Gasteiger partial charge is 0.484 e. The Bertz CT molecular complexity index is 541. The number of nitrogens with zero attached hydrogens (tertiary/aromatic N) is 1. The summed E-state index contributed by atoms with van der Waals surface area (Å²) in [5.41, 5.74) is 0.468. The lowest BCUT2D eigenvalue weighted by Crippen LogP contribution is -1.97. The van der Waals surface area contributed by atoms with Gasteiger partial charge in [0.2, 0.25) is 0 Å². The van der Waals surface area contributed by atoms with Gasteiger partial charge >= 0.3 is 5.97 Å². The molecule has 1 aromatic carbocycles. The quantitative estimate of drug-likeness (QED) is 0.909. The fourth-order valence-corrected chi connectivity index (χ4v) is 1.78. The van der Waals surface area contributed by atoms with Crippen LogP contribution in [0.25, 0.3) is 0 Å². The lowest BCUT2D eigenvalue weighted by Gasteiger charge is -2.04. The predicted octanol–water partition coefficient (Wildman–Crippen LogP) is 2.56. The lowest BCUT2D eigenvalue weighted by molar-refractivity contribution is 0.0702. The van der Waals surface area contributed by atoms with Crippen LogP contribution in [0.15, 0.2) is 30.3 Å². The third-order valence-corrected chi connectivity index (χ3v) is 2.80. The van der Waals surface area contributed by atoms with Crippen molar-refractivity contribution in [3.05, 3.63) is 46.7 Å². The van der Waals surface area contributed by atoms with Gasteiger partial charge in [-0.3, -0.25) is 0 Å². The Labute approximate surface area is 100 Å². The van der Waals surface area contributed by atoms with E-state index in [-0.39, 0.29) is 17.2 Å². The van der Waals surface area contributed by atoms with Gasteiger partial charge in [0.05, 0.1) is 5.69 Å². The van der Waals surface area contributed by atoms with E-state index in [1.165, 1.54) is 18.2 Å². The van der Waals surface area contributed by atoms with E-state index >= 15 is 0 Å². The molecule has 17 heavy (non-hydrogen) atoms. The average Bonchev–Trinajstić information content (AvgIpc) is 2.77. The van der Waals surface area contributed by atoms with Crippen LogP contribution in [0.3, 0.4) is 0 Å². The van der Waals surface area contributed by atoms with Crippen molar-refractivity contribution in [1.82, 2.24) is 4.37 Å². The number of carbonyl (C=O) groups is 1. The second kappa shape index (κ2) is 4.92. The van der Waals surface area contributed by atoms with E-state index in [4.69, 9.17) is 9.84 Å². The molecule has 1 N–H and O–H groups in total. The minimum Gasteiger partial charge on any atom is -0.484 e. The molecule has 2 rings (SSSR count). The highest BCUT2D eigenvalue weighted by Crippen LogP contribution is 2.18. The standard InChI is InChI=1S/C11H8FNO3S/c12-8-3-1-2-4-9(8)16-6-7-5-10(11(14)15)17-13-7/h1-5H,6H2,(H,14,15). The number of ether oxygens (including phenoxy) is 1. The summed E-state index contributed by atoms with van der Waals surface area (Å²) in [6, 6.07) is 7.42. The van der Waals surface area contributed by atoms with Crippen LogP contribution in [0.5, 0.6) is 5.75 Å². The van der Waals surface area contributed by atoms with Crippen LogP contribution in [0, 0.1) is 5.82 Å². The highest BCUT2D eigenvalue weighted by Gasteiger charge is 2.09. The van der Waals surface area contributed by atoms with Crippen molar-refractivity contribution in [2.75, 3.05) is 0 Å². The number of rotatable bonds is 4. The van der Waals surface area contributed by atoms with Gasteiger partial charge in [0.15, 0.2) is 11.6 Å². The van der Waals surface area contributed by atoms with Crippen molar-refractivity contribution < 1.29 is 19.0 Å². The summed E-state index contributed by atoms with van der Waals surface area (Å²) in [5.74, 6) is -1.36. The predicted molar refractivity (Wildman–Crippen MR) is 59.8 cm³/mol. The molecule has 4 nitrogen and oxygen atoms in total. The van der Waals surface area contributed by atoms with E-state index in [2.05, 4.69) is 4.37 Å². The Morgan fingerprint density at radius 2 is 2.24 bits per heavy atom. The molecule has 0 amide bonds.